The molecule has 1 heterocycles. The Morgan fingerprint density at radius 3 is 2.30 bits per heavy atom. The van der Waals surface area contributed by atoms with Crippen molar-refractivity contribution in [1.82, 2.24) is 9.47 Å². The Hall–Kier alpha value is -2.31. The summed E-state index contributed by atoms with van der Waals surface area (Å²) in [5, 5.41) is 6.07. The summed E-state index contributed by atoms with van der Waals surface area (Å²) in [6.07, 6.45) is 1.65. The Balaban J connectivity index is 2.15. The van der Waals surface area contributed by atoms with E-state index in [1.54, 1.807) is 53.0 Å². The fraction of sp³-hybridized carbons (Fsp3) is 0.250. The summed E-state index contributed by atoms with van der Waals surface area (Å²) in [4.78, 5) is 26.0. The molecule has 2 rings (SSSR count). The van der Waals surface area contributed by atoms with E-state index in [2.05, 4.69) is 10.6 Å². The van der Waals surface area contributed by atoms with Gasteiger partial charge in [-0.15, -0.1) is 0 Å². The van der Waals surface area contributed by atoms with Gasteiger partial charge in [-0.2, -0.15) is 0 Å². The zero-order chi connectivity index (χ0) is 17.0. The standard InChI is InChI=1S/C16H19ClN4O2/c1-20(2)10-15(22)18-12-6-4-5-7-13(12)19-16(23)14-8-11(17)9-21(14)3/h4-9H,10H2,1-3H3,(H,18,22)(H,19,23). The molecular weight excluding hydrogens is 316 g/mol. The maximum Gasteiger partial charge on any atom is 0.272 e. The van der Waals surface area contributed by atoms with Crippen molar-refractivity contribution in [2.45, 2.75) is 0 Å². The second kappa shape index (κ2) is 7.30. The number of amides is 2. The second-order valence-electron chi connectivity index (χ2n) is 5.44. The third-order valence-corrected chi connectivity index (χ3v) is 3.32. The molecule has 6 nitrogen and oxygen atoms in total. The van der Waals surface area contributed by atoms with Gasteiger partial charge in [-0.05, 0) is 32.3 Å². The summed E-state index contributed by atoms with van der Waals surface area (Å²) in [5.74, 6) is -0.452. The zero-order valence-electron chi connectivity index (χ0n) is 13.3. The maximum atomic E-state index is 12.4. The number of aryl methyl sites for hydroxylation is 1. The van der Waals surface area contributed by atoms with Crippen LogP contribution in [0.2, 0.25) is 5.02 Å². The lowest BCUT2D eigenvalue weighted by atomic mass is 10.2. The Kier molecular flexibility index (Phi) is 5.41. The van der Waals surface area contributed by atoms with Gasteiger partial charge in [-0.3, -0.25) is 9.59 Å². The third kappa shape index (κ3) is 4.58. The largest absolute Gasteiger partial charge is 0.345 e. The number of likely N-dealkylation sites (N-methyl/N-ethyl adjacent to an activating group) is 1. The molecule has 0 spiro atoms. The first kappa shape index (κ1) is 17.1. The van der Waals surface area contributed by atoms with Crippen molar-refractivity contribution >= 4 is 34.8 Å². The molecule has 0 aliphatic carbocycles. The Morgan fingerprint density at radius 2 is 1.78 bits per heavy atom. The van der Waals surface area contributed by atoms with E-state index in [0.717, 1.165) is 0 Å². The number of carbonyl (C=O) groups excluding carboxylic acids is 2. The molecule has 2 N–H and O–H groups in total. The fourth-order valence-electron chi connectivity index (χ4n) is 2.11. The molecule has 0 saturated heterocycles. The average Bonchev–Trinajstić information content (AvgIpc) is 2.79. The van der Waals surface area contributed by atoms with Crippen molar-refractivity contribution in [3.05, 3.63) is 47.2 Å². The van der Waals surface area contributed by atoms with Crippen LogP contribution in [0.25, 0.3) is 0 Å². The van der Waals surface area contributed by atoms with E-state index in [1.165, 1.54) is 0 Å². The number of carbonyl (C=O) groups is 2. The number of nitrogens with one attached hydrogen (secondary N) is 2. The number of benzene rings is 1. The molecule has 0 atom stereocenters. The summed E-state index contributed by atoms with van der Waals surface area (Å²) in [6.45, 7) is 0.260. The lowest BCUT2D eigenvalue weighted by molar-refractivity contribution is -0.116. The molecule has 2 aromatic rings. The van der Waals surface area contributed by atoms with Crippen LogP contribution in [0.1, 0.15) is 10.5 Å². The number of hydrogen-bond donors (Lipinski definition) is 2. The van der Waals surface area contributed by atoms with Crippen molar-refractivity contribution in [3.8, 4) is 0 Å². The number of aromatic nitrogens is 1. The molecule has 2 amide bonds. The highest BCUT2D eigenvalue weighted by molar-refractivity contribution is 6.31. The summed E-state index contributed by atoms with van der Waals surface area (Å²) >= 11 is 5.90. The highest BCUT2D eigenvalue weighted by Gasteiger charge is 2.14. The molecule has 0 aliphatic heterocycles. The van der Waals surface area contributed by atoms with Crippen molar-refractivity contribution in [3.63, 3.8) is 0 Å². The second-order valence-corrected chi connectivity index (χ2v) is 5.88. The molecule has 7 heteroatoms. The van der Waals surface area contributed by atoms with E-state index < -0.39 is 0 Å². The predicted octanol–water partition coefficient (Wildman–Crippen LogP) is 2.43. The number of halogens is 1. The highest BCUT2D eigenvalue weighted by atomic mass is 35.5. The van der Waals surface area contributed by atoms with E-state index in [-0.39, 0.29) is 18.4 Å². The average molecular weight is 335 g/mol. The molecule has 1 aromatic heterocycles. The number of hydrogen-bond acceptors (Lipinski definition) is 3. The van der Waals surface area contributed by atoms with Gasteiger partial charge >= 0.3 is 0 Å². The van der Waals surface area contributed by atoms with Crippen LogP contribution in [0.15, 0.2) is 36.5 Å². The minimum Gasteiger partial charge on any atom is -0.345 e. The van der Waals surface area contributed by atoms with Crippen molar-refractivity contribution in [2.24, 2.45) is 7.05 Å². The van der Waals surface area contributed by atoms with Crippen molar-refractivity contribution in [2.75, 3.05) is 31.3 Å². The number of anilines is 2. The van der Waals surface area contributed by atoms with Gasteiger partial charge in [0, 0.05) is 13.2 Å². The molecule has 0 unspecified atom stereocenters. The summed E-state index contributed by atoms with van der Waals surface area (Å²) in [5.41, 5.74) is 1.51. The molecular formula is C16H19ClN4O2. The van der Waals surface area contributed by atoms with Crippen LogP contribution < -0.4 is 10.6 Å². The van der Waals surface area contributed by atoms with E-state index in [0.29, 0.717) is 22.1 Å². The molecule has 23 heavy (non-hydrogen) atoms. The molecule has 0 fully saturated rings. The van der Waals surface area contributed by atoms with Crippen LogP contribution in [0.5, 0.6) is 0 Å². The normalized spacial score (nSPS) is 10.7. The molecule has 1 aromatic carbocycles. The minimum absolute atomic E-state index is 0.154. The van der Waals surface area contributed by atoms with Crippen LogP contribution in [0.3, 0.4) is 0 Å². The van der Waals surface area contributed by atoms with E-state index in [4.69, 9.17) is 11.6 Å². The van der Waals surface area contributed by atoms with Crippen LogP contribution in [0, 0.1) is 0 Å². The van der Waals surface area contributed by atoms with Crippen LogP contribution in [-0.2, 0) is 11.8 Å². The quantitative estimate of drug-likeness (QED) is 0.882. The lowest BCUT2D eigenvalue weighted by Crippen LogP contribution is -2.27. The zero-order valence-corrected chi connectivity index (χ0v) is 14.0. The van der Waals surface area contributed by atoms with Gasteiger partial charge in [0.2, 0.25) is 5.91 Å². The number of para-hydroxylation sites is 2. The van der Waals surface area contributed by atoms with Gasteiger partial charge in [0.25, 0.3) is 5.91 Å². The Bertz CT molecular complexity index is 725. The molecule has 0 radical (unpaired) electrons. The minimum atomic E-state index is -0.297. The van der Waals surface area contributed by atoms with Crippen molar-refractivity contribution in [1.29, 1.82) is 0 Å². The Morgan fingerprint density at radius 1 is 1.17 bits per heavy atom. The lowest BCUT2D eigenvalue weighted by Gasteiger charge is -2.14. The molecule has 122 valence electrons. The Labute approximate surface area is 140 Å². The smallest absolute Gasteiger partial charge is 0.272 e. The van der Waals surface area contributed by atoms with Gasteiger partial charge in [-0.1, -0.05) is 23.7 Å². The summed E-state index contributed by atoms with van der Waals surface area (Å²) < 4.78 is 1.64. The first-order valence-electron chi connectivity index (χ1n) is 7.03. The maximum absolute atomic E-state index is 12.4. The monoisotopic (exact) mass is 334 g/mol. The van der Waals surface area contributed by atoms with Crippen LogP contribution in [-0.4, -0.2) is 41.9 Å². The molecule has 0 bridgehead atoms. The summed E-state index contributed by atoms with van der Waals surface area (Å²) in [6, 6.07) is 8.63. The van der Waals surface area contributed by atoms with Gasteiger partial charge < -0.3 is 20.1 Å². The van der Waals surface area contributed by atoms with Crippen LogP contribution >= 0.6 is 11.6 Å². The molecule has 0 saturated carbocycles. The van der Waals surface area contributed by atoms with Gasteiger partial charge in [0.1, 0.15) is 5.69 Å². The van der Waals surface area contributed by atoms with E-state index >= 15 is 0 Å². The van der Waals surface area contributed by atoms with E-state index in [1.807, 2.05) is 14.1 Å². The predicted molar refractivity (Wildman–Crippen MR) is 92.0 cm³/mol. The SMILES string of the molecule is CN(C)CC(=O)Nc1ccccc1NC(=O)c1cc(Cl)cn1C. The molecule has 0 aliphatic rings. The van der Waals surface area contributed by atoms with Gasteiger partial charge in [0.15, 0.2) is 0 Å². The first-order valence-corrected chi connectivity index (χ1v) is 7.41. The summed E-state index contributed by atoms with van der Waals surface area (Å²) in [7, 11) is 5.37. The highest BCUT2D eigenvalue weighted by Crippen LogP contribution is 2.22. The third-order valence-electron chi connectivity index (χ3n) is 3.11. The number of nitrogens with zero attached hydrogens (tertiary/aromatic N) is 2. The van der Waals surface area contributed by atoms with Gasteiger partial charge in [0.05, 0.1) is 22.9 Å². The fourth-order valence-corrected chi connectivity index (χ4v) is 2.36. The first-order chi connectivity index (χ1) is 10.9. The number of rotatable bonds is 5. The van der Waals surface area contributed by atoms with Crippen molar-refractivity contribution < 1.29 is 9.59 Å². The topological polar surface area (TPSA) is 66.4 Å². The van der Waals surface area contributed by atoms with E-state index in [9.17, 15) is 9.59 Å². The van der Waals surface area contributed by atoms with Crippen LogP contribution in [0.4, 0.5) is 11.4 Å². The van der Waals surface area contributed by atoms with Gasteiger partial charge in [-0.25, -0.2) is 0 Å².